The van der Waals surface area contributed by atoms with E-state index in [-0.39, 0.29) is 23.3 Å². The minimum atomic E-state index is -0.442. The number of anilines is 3. The van der Waals surface area contributed by atoms with Crippen molar-refractivity contribution >= 4 is 28.1 Å². The average molecular weight is 490 g/mol. The van der Waals surface area contributed by atoms with E-state index >= 15 is 0 Å². The number of pyridine rings is 3. The predicted octanol–water partition coefficient (Wildman–Crippen LogP) is 4.62. The molecule has 0 amide bonds. The van der Waals surface area contributed by atoms with Crippen molar-refractivity contribution in [3.05, 3.63) is 71.0 Å². The number of H-pyrrole nitrogens is 1. The fourth-order valence-corrected chi connectivity index (χ4v) is 4.38. The zero-order valence-electron chi connectivity index (χ0n) is 20.2. The van der Waals surface area contributed by atoms with Gasteiger partial charge in [-0.2, -0.15) is 0 Å². The Morgan fingerprint density at radius 3 is 2.69 bits per heavy atom. The van der Waals surface area contributed by atoms with Crippen molar-refractivity contribution < 1.29 is 14.2 Å². The highest BCUT2D eigenvalue weighted by Crippen LogP contribution is 2.32. The van der Waals surface area contributed by atoms with Gasteiger partial charge in [-0.05, 0) is 69.2 Å². The van der Waals surface area contributed by atoms with Crippen molar-refractivity contribution in [2.75, 3.05) is 23.3 Å². The molecule has 3 aromatic heterocycles. The van der Waals surface area contributed by atoms with E-state index in [0.717, 1.165) is 31.6 Å². The summed E-state index contributed by atoms with van der Waals surface area (Å²) in [5, 5.41) is 13.3. The summed E-state index contributed by atoms with van der Waals surface area (Å²) in [4.78, 5) is 26.7. The van der Waals surface area contributed by atoms with Gasteiger partial charge in [-0.15, -0.1) is 0 Å². The number of aliphatic hydroxyl groups excluding tert-OH is 1. The lowest BCUT2D eigenvalue weighted by atomic mass is 10.1. The van der Waals surface area contributed by atoms with Crippen LogP contribution in [0.3, 0.4) is 0 Å². The van der Waals surface area contributed by atoms with Gasteiger partial charge in [-0.3, -0.25) is 4.79 Å². The van der Waals surface area contributed by atoms with Crippen LogP contribution in [0.4, 0.5) is 21.6 Å². The second-order valence-electron chi connectivity index (χ2n) is 9.18. The molecule has 0 atom stereocenters. The topological polar surface area (TPSA) is 103 Å². The standard InChI is InChI=1S/C27H28FN5O3/c1-16(2)36-19-4-5-21(28)20(13-19)23-14-24(26-22(31-23)7-10-29-27(26)35)32-25-6-3-17(15-30-25)33-11-8-18(34)9-12-33/h3-7,10,13-16,18,34H,8-9,11-12H2,1-2H3,(H,29,35)(H,30,31,32). The van der Waals surface area contributed by atoms with Crippen LogP contribution in [-0.4, -0.2) is 45.4 Å². The van der Waals surface area contributed by atoms with Crippen molar-refractivity contribution in [1.82, 2.24) is 15.0 Å². The molecule has 5 rings (SSSR count). The van der Waals surface area contributed by atoms with Crippen LogP contribution in [0.5, 0.6) is 5.75 Å². The molecule has 186 valence electrons. The van der Waals surface area contributed by atoms with Crippen molar-refractivity contribution in [1.29, 1.82) is 0 Å². The number of hydrogen-bond acceptors (Lipinski definition) is 7. The van der Waals surface area contributed by atoms with Crippen LogP contribution in [0, 0.1) is 5.82 Å². The Morgan fingerprint density at radius 2 is 1.97 bits per heavy atom. The number of hydrogen-bond donors (Lipinski definition) is 3. The molecule has 0 saturated carbocycles. The van der Waals surface area contributed by atoms with Crippen LogP contribution in [0.25, 0.3) is 22.2 Å². The van der Waals surface area contributed by atoms with Crippen LogP contribution in [0.2, 0.25) is 0 Å². The van der Waals surface area contributed by atoms with E-state index in [1.807, 2.05) is 26.0 Å². The summed E-state index contributed by atoms with van der Waals surface area (Å²) in [6.07, 6.45) is 4.43. The Hall–Kier alpha value is -3.98. The van der Waals surface area contributed by atoms with E-state index in [4.69, 9.17) is 4.74 Å². The van der Waals surface area contributed by atoms with E-state index < -0.39 is 5.82 Å². The van der Waals surface area contributed by atoms with Gasteiger partial charge in [0.15, 0.2) is 0 Å². The molecular weight excluding hydrogens is 461 g/mol. The van der Waals surface area contributed by atoms with Gasteiger partial charge in [0.25, 0.3) is 5.56 Å². The minimum absolute atomic E-state index is 0.0623. The monoisotopic (exact) mass is 489 g/mol. The summed E-state index contributed by atoms with van der Waals surface area (Å²) in [7, 11) is 0. The number of aromatic amines is 1. The summed E-state index contributed by atoms with van der Waals surface area (Å²) in [6.45, 7) is 5.35. The number of aromatic nitrogens is 3. The van der Waals surface area contributed by atoms with Crippen LogP contribution in [0.1, 0.15) is 26.7 Å². The molecule has 0 unspecified atom stereocenters. The quantitative estimate of drug-likeness (QED) is 0.363. The molecule has 4 aromatic rings. The summed E-state index contributed by atoms with van der Waals surface area (Å²) in [5.74, 6) is 0.629. The first-order valence-electron chi connectivity index (χ1n) is 12.0. The molecule has 3 N–H and O–H groups in total. The smallest absolute Gasteiger partial charge is 0.259 e. The number of piperidine rings is 1. The van der Waals surface area contributed by atoms with Gasteiger partial charge in [0.2, 0.25) is 0 Å². The van der Waals surface area contributed by atoms with Crippen molar-refractivity contribution in [2.24, 2.45) is 0 Å². The van der Waals surface area contributed by atoms with Gasteiger partial charge in [0, 0.05) is 24.8 Å². The van der Waals surface area contributed by atoms with E-state index in [9.17, 15) is 14.3 Å². The molecule has 1 aliphatic heterocycles. The Labute approximate surface area is 207 Å². The molecule has 9 heteroatoms. The highest BCUT2D eigenvalue weighted by Gasteiger charge is 2.18. The molecule has 36 heavy (non-hydrogen) atoms. The van der Waals surface area contributed by atoms with Crippen molar-refractivity contribution in [2.45, 2.75) is 38.9 Å². The fraction of sp³-hybridized carbons (Fsp3) is 0.296. The lowest BCUT2D eigenvalue weighted by Gasteiger charge is -2.31. The van der Waals surface area contributed by atoms with Gasteiger partial charge < -0.3 is 25.0 Å². The Kier molecular flexibility index (Phi) is 6.56. The van der Waals surface area contributed by atoms with E-state index in [1.165, 1.54) is 12.3 Å². The number of benzene rings is 1. The molecule has 1 aliphatic rings. The van der Waals surface area contributed by atoms with Crippen LogP contribution >= 0.6 is 0 Å². The normalized spacial score (nSPS) is 14.4. The Morgan fingerprint density at radius 1 is 1.17 bits per heavy atom. The summed E-state index contributed by atoms with van der Waals surface area (Å²) < 4.78 is 20.6. The number of halogens is 1. The number of nitrogens with one attached hydrogen (secondary N) is 2. The number of ether oxygens (including phenoxy) is 1. The molecule has 1 fully saturated rings. The summed E-state index contributed by atoms with van der Waals surface area (Å²) in [6, 6.07) is 11.7. The maximum Gasteiger partial charge on any atom is 0.259 e. The third-order valence-corrected chi connectivity index (χ3v) is 6.16. The molecule has 8 nitrogen and oxygen atoms in total. The lowest BCUT2D eigenvalue weighted by molar-refractivity contribution is 0.145. The lowest BCUT2D eigenvalue weighted by Crippen LogP contribution is -2.35. The summed E-state index contributed by atoms with van der Waals surface area (Å²) in [5.41, 5.74) is 2.19. The fourth-order valence-electron chi connectivity index (χ4n) is 4.38. The average Bonchev–Trinajstić information content (AvgIpc) is 2.86. The van der Waals surface area contributed by atoms with Gasteiger partial charge >= 0.3 is 0 Å². The molecule has 0 spiro atoms. The number of nitrogens with zero attached hydrogens (tertiary/aromatic N) is 3. The zero-order chi connectivity index (χ0) is 25.2. The van der Waals surface area contributed by atoms with Crippen LogP contribution in [-0.2, 0) is 0 Å². The maximum atomic E-state index is 14.9. The van der Waals surface area contributed by atoms with E-state index in [0.29, 0.717) is 33.9 Å². The molecule has 4 heterocycles. The van der Waals surface area contributed by atoms with Gasteiger partial charge in [0.1, 0.15) is 17.4 Å². The molecule has 1 aromatic carbocycles. The van der Waals surface area contributed by atoms with Crippen molar-refractivity contribution in [3.8, 4) is 17.0 Å². The highest BCUT2D eigenvalue weighted by molar-refractivity contribution is 5.94. The number of fused-ring (bicyclic) bond motifs is 1. The third kappa shape index (κ3) is 5.01. The number of rotatable bonds is 6. The Balaban J connectivity index is 1.51. The Bertz CT molecular complexity index is 1430. The number of aliphatic hydroxyl groups is 1. The molecular formula is C27H28FN5O3. The van der Waals surface area contributed by atoms with E-state index in [1.54, 1.807) is 30.5 Å². The zero-order valence-corrected chi connectivity index (χ0v) is 20.2. The second kappa shape index (κ2) is 9.94. The minimum Gasteiger partial charge on any atom is -0.491 e. The van der Waals surface area contributed by atoms with E-state index in [2.05, 4.69) is 25.2 Å². The predicted molar refractivity (Wildman–Crippen MR) is 138 cm³/mol. The summed E-state index contributed by atoms with van der Waals surface area (Å²) >= 11 is 0. The van der Waals surface area contributed by atoms with Gasteiger partial charge in [-0.1, -0.05) is 0 Å². The molecule has 0 bridgehead atoms. The van der Waals surface area contributed by atoms with Crippen molar-refractivity contribution in [3.63, 3.8) is 0 Å². The first-order chi connectivity index (χ1) is 17.4. The van der Waals surface area contributed by atoms with Crippen LogP contribution < -0.4 is 20.5 Å². The van der Waals surface area contributed by atoms with Gasteiger partial charge in [0.05, 0.1) is 46.4 Å². The second-order valence-corrected chi connectivity index (χ2v) is 9.18. The highest BCUT2D eigenvalue weighted by atomic mass is 19.1. The third-order valence-electron chi connectivity index (χ3n) is 6.16. The molecule has 0 aliphatic carbocycles. The maximum absolute atomic E-state index is 14.9. The SMILES string of the molecule is CC(C)Oc1ccc(F)c(-c2cc(Nc3ccc(N4CCC(O)CC4)cn3)c3c(=O)[nH]ccc3n2)c1. The molecule has 0 radical (unpaired) electrons. The first-order valence-corrected chi connectivity index (χ1v) is 12.0. The molecule has 1 saturated heterocycles. The van der Waals surface area contributed by atoms with Gasteiger partial charge in [-0.25, -0.2) is 14.4 Å². The van der Waals surface area contributed by atoms with Crippen LogP contribution in [0.15, 0.2) is 59.7 Å². The first kappa shape index (κ1) is 23.7. The largest absolute Gasteiger partial charge is 0.491 e.